The molecule has 18 heavy (non-hydrogen) atoms. The van der Waals surface area contributed by atoms with Crippen molar-refractivity contribution in [2.24, 2.45) is 23.2 Å². The van der Waals surface area contributed by atoms with Gasteiger partial charge < -0.3 is 4.90 Å². The minimum absolute atomic E-state index is 0.0427. The van der Waals surface area contributed by atoms with E-state index in [1.807, 2.05) is 11.9 Å². The highest BCUT2D eigenvalue weighted by atomic mass is 16.2. The van der Waals surface area contributed by atoms with E-state index in [1.165, 1.54) is 19.3 Å². The Morgan fingerprint density at radius 3 is 2.17 bits per heavy atom. The molecule has 0 spiro atoms. The van der Waals surface area contributed by atoms with Crippen molar-refractivity contribution in [2.75, 3.05) is 13.6 Å². The maximum Gasteiger partial charge on any atom is 0.228 e. The van der Waals surface area contributed by atoms with Crippen LogP contribution < -0.4 is 0 Å². The van der Waals surface area contributed by atoms with Crippen molar-refractivity contribution >= 4 is 5.91 Å². The van der Waals surface area contributed by atoms with Gasteiger partial charge in [0.1, 0.15) is 0 Å². The molecule has 1 amide bonds. The van der Waals surface area contributed by atoms with Crippen molar-refractivity contribution in [3.05, 3.63) is 0 Å². The molecule has 0 saturated heterocycles. The fourth-order valence-electron chi connectivity index (χ4n) is 5.10. The molecule has 3 nitrogen and oxygen atoms in total. The van der Waals surface area contributed by atoms with E-state index in [4.69, 9.17) is 5.26 Å². The number of hydrogen-bond donors (Lipinski definition) is 0. The molecule has 4 bridgehead atoms. The molecular weight excluding hydrogens is 224 g/mol. The first-order valence-corrected chi connectivity index (χ1v) is 7.25. The Hall–Kier alpha value is -1.04. The van der Waals surface area contributed by atoms with Crippen molar-refractivity contribution in [1.29, 1.82) is 5.26 Å². The average Bonchev–Trinajstić information content (AvgIpc) is 2.33. The highest BCUT2D eigenvalue weighted by Gasteiger charge is 2.55. The van der Waals surface area contributed by atoms with Crippen LogP contribution in [0, 0.1) is 34.5 Å². The van der Waals surface area contributed by atoms with E-state index in [9.17, 15) is 4.79 Å². The summed E-state index contributed by atoms with van der Waals surface area (Å²) in [5, 5.41) is 8.64. The second-order valence-corrected chi connectivity index (χ2v) is 6.83. The molecule has 0 aliphatic heterocycles. The number of hydrogen-bond acceptors (Lipinski definition) is 2. The number of amides is 1. The summed E-state index contributed by atoms with van der Waals surface area (Å²) in [5.74, 6) is 2.76. The fourth-order valence-corrected chi connectivity index (χ4v) is 5.10. The lowest BCUT2D eigenvalue weighted by Crippen LogP contribution is -2.54. The van der Waals surface area contributed by atoms with Crippen molar-refractivity contribution in [1.82, 2.24) is 4.90 Å². The third-order valence-corrected chi connectivity index (χ3v) is 5.40. The average molecular weight is 246 g/mol. The van der Waals surface area contributed by atoms with Crippen molar-refractivity contribution in [2.45, 2.75) is 44.9 Å². The number of nitrogens with zero attached hydrogens (tertiary/aromatic N) is 2. The van der Waals surface area contributed by atoms with Gasteiger partial charge in [-0.3, -0.25) is 4.79 Å². The lowest BCUT2D eigenvalue weighted by molar-refractivity contribution is -0.156. The highest BCUT2D eigenvalue weighted by molar-refractivity contribution is 5.83. The van der Waals surface area contributed by atoms with E-state index in [2.05, 4.69) is 6.07 Å². The van der Waals surface area contributed by atoms with Gasteiger partial charge in [0, 0.05) is 13.6 Å². The normalized spacial score (nSPS) is 40.6. The first-order valence-electron chi connectivity index (χ1n) is 7.25. The van der Waals surface area contributed by atoms with Crippen LogP contribution in [0.3, 0.4) is 0 Å². The van der Waals surface area contributed by atoms with Crippen LogP contribution in [0.2, 0.25) is 0 Å². The van der Waals surface area contributed by atoms with E-state index in [0.29, 0.717) is 18.9 Å². The fraction of sp³-hybridized carbons (Fsp3) is 0.867. The van der Waals surface area contributed by atoms with Gasteiger partial charge in [-0.15, -0.1) is 0 Å². The summed E-state index contributed by atoms with van der Waals surface area (Å²) in [5.41, 5.74) is -0.0427. The lowest BCUT2D eigenvalue weighted by Gasteiger charge is -2.56. The summed E-state index contributed by atoms with van der Waals surface area (Å²) in [6.07, 6.45) is 7.92. The Morgan fingerprint density at radius 2 is 1.72 bits per heavy atom. The van der Waals surface area contributed by atoms with E-state index >= 15 is 0 Å². The van der Waals surface area contributed by atoms with Gasteiger partial charge in [0.15, 0.2) is 0 Å². The van der Waals surface area contributed by atoms with Crippen LogP contribution in [0.5, 0.6) is 0 Å². The van der Waals surface area contributed by atoms with Gasteiger partial charge in [0.25, 0.3) is 0 Å². The molecule has 98 valence electrons. The van der Waals surface area contributed by atoms with Crippen LogP contribution in [0.25, 0.3) is 0 Å². The molecule has 4 aliphatic rings. The molecule has 0 aromatic carbocycles. The predicted octanol–water partition coefficient (Wildman–Crippen LogP) is 2.57. The van der Waals surface area contributed by atoms with E-state index in [0.717, 1.165) is 37.0 Å². The first kappa shape index (κ1) is 12.0. The summed E-state index contributed by atoms with van der Waals surface area (Å²) in [4.78, 5) is 14.5. The molecule has 4 rings (SSSR count). The molecule has 4 fully saturated rings. The van der Waals surface area contributed by atoms with Gasteiger partial charge in [-0.25, -0.2) is 0 Å². The van der Waals surface area contributed by atoms with Gasteiger partial charge in [-0.2, -0.15) is 5.26 Å². The van der Waals surface area contributed by atoms with Gasteiger partial charge in [0.2, 0.25) is 5.91 Å². The maximum atomic E-state index is 12.7. The number of nitriles is 1. The summed E-state index contributed by atoms with van der Waals surface area (Å²) in [7, 11) is 1.87. The number of carbonyl (C=O) groups excluding carboxylic acids is 1. The first-order chi connectivity index (χ1) is 8.63. The van der Waals surface area contributed by atoms with Crippen molar-refractivity contribution < 1.29 is 4.79 Å². The summed E-state index contributed by atoms with van der Waals surface area (Å²) >= 11 is 0. The molecule has 4 saturated carbocycles. The smallest absolute Gasteiger partial charge is 0.228 e. The molecule has 0 radical (unpaired) electrons. The Balaban J connectivity index is 1.75. The minimum Gasteiger partial charge on any atom is -0.344 e. The van der Waals surface area contributed by atoms with Crippen LogP contribution in [0.15, 0.2) is 0 Å². The van der Waals surface area contributed by atoms with Crippen LogP contribution in [-0.4, -0.2) is 24.4 Å². The second-order valence-electron chi connectivity index (χ2n) is 6.83. The van der Waals surface area contributed by atoms with Gasteiger partial charge >= 0.3 is 0 Å². The largest absolute Gasteiger partial charge is 0.344 e. The Bertz CT molecular complexity index is 361. The third kappa shape index (κ3) is 1.83. The molecular formula is C15H22N2O. The Kier molecular flexibility index (Phi) is 2.84. The van der Waals surface area contributed by atoms with E-state index < -0.39 is 0 Å². The topological polar surface area (TPSA) is 44.1 Å². The van der Waals surface area contributed by atoms with Crippen LogP contribution >= 0.6 is 0 Å². The number of rotatable bonds is 3. The SMILES string of the molecule is CN(CCC#N)C(=O)C12CC3CC(CC(C3)C1)C2. The monoisotopic (exact) mass is 246 g/mol. The molecule has 4 aliphatic carbocycles. The van der Waals surface area contributed by atoms with Crippen LogP contribution in [0.4, 0.5) is 0 Å². The third-order valence-electron chi connectivity index (χ3n) is 5.40. The van der Waals surface area contributed by atoms with E-state index in [-0.39, 0.29) is 5.41 Å². The second kappa shape index (κ2) is 4.26. The van der Waals surface area contributed by atoms with Gasteiger partial charge in [-0.05, 0) is 56.3 Å². The molecule has 0 unspecified atom stereocenters. The predicted molar refractivity (Wildman–Crippen MR) is 68.5 cm³/mol. The van der Waals surface area contributed by atoms with E-state index in [1.54, 1.807) is 0 Å². The molecule has 0 atom stereocenters. The molecule has 0 aromatic rings. The summed E-state index contributed by atoms with van der Waals surface area (Å²) < 4.78 is 0. The Morgan fingerprint density at radius 1 is 1.22 bits per heavy atom. The Labute approximate surface area is 109 Å². The van der Waals surface area contributed by atoms with Crippen LogP contribution in [0.1, 0.15) is 44.9 Å². The zero-order chi connectivity index (χ0) is 12.8. The zero-order valence-electron chi connectivity index (χ0n) is 11.2. The quantitative estimate of drug-likeness (QED) is 0.768. The van der Waals surface area contributed by atoms with Crippen LogP contribution in [-0.2, 0) is 4.79 Å². The molecule has 0 N–H and O–H groups in total. The van der Waals surface area contributed by atoms with Crippen molar-refractivity contribution in [3.63, 3.8) is 0 Å². The van der Waals surface area contributed by atoms with Gasteiger partial charge in [-0.1, -0.05) is 0 Å². The summed E-state index contributed by atoms with van der Waals surface area (Å²) in [6, 6.07) is 2.13. The van der Waals surface area contributed by atoms with Crippen molar-refractivity contribution in [3.8, 4) is 6.07 Å². The number of carbonyl (C=O) groups is 1. The minimum atomic E-state index is -0.0427. The summed E-state index contributed by atoms with van der Waals surface area (Å²) in [6.45, 7) is 0.594. The highest BCUT2D eigenvalue weighted by Crippen LogP contribution is 2.60. The molecule has 3 heteroatoms. The molecule has 0 heterocycles. The maximum absolute atomic E-state index is 12.7. The molecule has 0 aromatic heterocycles. The van der Waals surface area contributed by atoms with Gasteiger partial charge in [0.05, 0.1) is 17.9 Å². The standard InChI is InChI=1S/C15H22N2O/c1-17(4-2-3-16)14(18)15-8-11-5-12(9-15)7-13(6-11)10-15/h11-13H,2,4-10H2,1H3. The zero-order valence-corrected chi connectivity index (χ0v) is 11.2. The lowest BCUT2D eigenvalue weighted by atomic mass is 9.49.